The molecular weight excluding hydrogens is 168 g/mol. The Balaban J connectivity index is 1.98. The summed E-state index contributed by atoms with van der Waals surface area (Å²) in [6.45, 7) is 9.15. The van der Waals surface area contributed by atoms with E-state index in [0.717, 1.165) is 23.7 Å². The molecule has 2 aliphatic carbocycles. The van der Waals surface area contributed by atoms with E-state index in [1.165, 1.54) is 18.4 Å². The van der Waals surface area contributed by atoms with Gasteiger partial charge in [-0.1, -0.05) is 43.6 Å². The summed E-state index contributed by atoms with van der Waals surface area (Å²) in [5, 5.41) is 0. The molecule has 0 heteroatoms. The number of allylic oxidation sites excluding steroid dienone is 4. The quantitative estimate of drug-likeness (QED) is 0.583. The highest BCUT2D eigenvalue weighted by molar-refractivity contribution is 5.41. The van der Waals surface area contributed by atoms with Crippen molar-refractivity contribution in [1.82, 2.24) is 0 Å². The van der Waals surface area contributed by atoms with Crippen molar-refractivity contribution in [2.45, 2.75) is 40.5 Å². The molecule has 0 bridgehead atoms. The van der Waals surface area contributed by atoms with Gasteiger partial charge in [-0.25, -0.2) is 0 Å². The van der Waals surface area contributed by atoms with Crippen molar-refractivity contribution in [3.05, 3.63) is 23.3 Å². The summed E-state index contributed by atoms with van der Waals surface area (Å²) in [4.78, 5) is 0. The lowest BCUT2D eigenvalue weighted by molar-refractivity contribution is 0.238. The van der Waals surface area contributed by atoms with Gasteiger partial charge in [-0.15, -0.1) is 0 Å². The minimum absolute atomic E-state index is 0.762. The van der Waals surface area contributed by atoms with Crippen molar-refractivity contribution in [3.63, 3.8) is 0 Å². The fourth-order valence-electron chi connectivity index (χ4n) is 3.13. The Bertz CT molecular complexity index is 278. The van der Waals surface area contributed by atoms with Gasteiger partial charge < -0.3 is 0 Å². The van der Waals surface area contributed by atoms with Gasteiger partial charge in [0.25, 0.3) is 0 Å². The minimum Gasteiger partial charge on any atom is -0.0827 e. The zero-order chi connectivity index (χ0) is 10.3. The van der Waals surface area contributed by atoms with Gasteiger partial charge in [0.15, 0.2) is 0 Å². The average Bonchev–Trinajstić information content (AvgIpc) is 2.70. The second-order valence-electron chi connectivity index (χ2n) is 5.29. The molecule has 0 aromatic heterocycles. The molecule has 0 nitrogen and oxygen atoms in total. The third-order valence-electron chi connectivity index (χ3n) is 3.91. The molecular formula is C14H22. The van der Waals surface area contributed by atoms with Gasteiger partial charge in [-0.3, -0.25) is 0 Å². The van der Waals surface area contributed by atoms with Gasteiger partial charge in [0.2, 0.25) is 0 Å². The van der Waals surface area contributed by atoms with Crippen LogP contribution in [0.15, 0.2) is 23.3 Å². The number of hydrogen-bond donors (Lipinski definition) is 0. The molecule has 2 aliphatic rings. The van der Waals surface area contributed by atoms with E-state index >= 15 is 0 Å². The molecule has 78 valence electrons. The molecule has 2 rings (SSSR count). The van der Waals surface area contributed by atoms with Gasteiger partial charge in [0.05, 0.1) is 0 Å². The molecule has 0 saturated heterocycles. The summed E-state index contributed by atoms with van der Waals surface area (Å²) in [5.41, 5.74) is 3.25. The SMILES string of the molecule is CCC(C(C)C=C(C)C)C1CC2C=C21. The largest absolute Gasteiger partial charge is 0.0827 e. The van der Waals surface area contributed by atoms with Gasteiger partial charge in [0, 0.05) is 0 Å². The minimum atomic E-state index is 0.762. The molecule has 1 fully saturated rings. The molecule has 0 aliphatic heterocycles. The highest BCUT2D eigenvalue weighted by Gasteiger charge is 2.47. The van der Waals surface area contributed by atoms with Gasteiger partial charge in [0.1, 0.15) is 0 Å². The average molecular weight is 190 g/mol. The molecule has 0 radical (unpaired) electrons. The zero-order valence-corrected chi connectivity index (χ0v) is 9.88. The number of fused-ring (bicyclic) bond motifs is 1. The Labute approximate surface area is 88.1 Å². The van der Waals surface area contributed by atoms with E-state index in [0.29, 0.717) is 0 Å². The second kappa shape index (κ2) is 3.56. The van der Waals surface area contributed by atoms with E-state index in [2.05, 4.69) is 39.8 Å². The smallest absolute Gasteiger partial charge is 0.00114 e. The predicted molar refractivity (Wildman–Crippen MR) is 62.1 cm³/mol. The fraction of sp³-hybridized carbons (Fsp3) is 0.714. The second-order valence-corrected chi connectivity index (χ2v) is 5.29. The van der Waals surface area contributed by atoms with Crippen molar-refractivity contribution in [2.24, 2.45) is 23.7 Å². The zero-order valence-electron chi connectivity index (χ0n) is 9.88. The summed E-state index contributed by atoms with van der Waals surface area (Å²) in [6, 6.07) is 0. The topological polar surface area (TPSA) is 0 Å². The predicted octanol–water partition coefficient (Wildman–Crippen LogP) is 4.19. The standard InChI is InChI=1S/C14H22/c1-5-12(10(4)6-9(2)3)14-8-11-7-13(11)14/h6-7,10-12,14H,5,8H2,1-4H3. The Morgan fingerprint density at radius 2 is 2.29 bits per heavy atom. The molecule has 0 spiro atoms. The molecule has 1 saturated carbocycles. The van der Waals surface area contributed by atoms with Gasteiger partial charge >= 0.3 is 0 Å². The Hall–Kier alpha value is -0.520. The first-order chi connectivity index (χ1) is 6.63. The molecule has 0 N–H and O–H groups in total. The van der Waals surface area contributed by atoms with Gasteiger partial charge in [-0.05, 0) is 43.9 Å². The fourth-order valence-corrected chi connectivity index (χ4v) is 3.13. The Kier molecular flexibility index (Phi) is 2.55. The van der Waals surface area contributed by atoms with Crippen LogP contribution in [0.5, 0.6) is 0 Å². The molecule has 0 heterocycles. The Morgan fingerprint density at radius 3 is 2.64 bits per heavy atom. The highest BCUT2D eigenvalue weighted by atomic mass is 14.5. The van der Waals surface area contributed by atoms with Crippen molar-refractivity contribution >= 4 is 0 Å². The number of rotatable bonds is 4. The van der Waals surface area contributed by atoms with E-state index in [1.54, 1.807) is 5.57 Å². The van der Waals surface area contributed by atoms with Crippen LogP contribution in [0.2, 0.25) is 0 Å². The van der Waals surface area contributed by atoms with Gasteiger partial charge in [-0.2, -0.15) is 0 Å². The van der Waals surface area contributed by atoms with Crippen molar-refractivity contribution < 1.29 is 0 Å². The third-order valence-corrected chi connectivity index (χ3v) is 3.91. The van der Waals surface area contributed by atoms with E-state index < -0.39 is 0 Å². The molecule has 0 amide bonds. The summed E-state index contributed by atoms with van der Waals surface area (Å²) in [5.74, 6) is 3.55. The van der Waals surface area contributed by atoms with E-state index in [4.69, 9.17) is 0 Å². The molecule has 4 atom stereocenters. The number of hydrogen-bond acceptors (Lipinski definition) is 0. The summed E-state index contributed by atoms with van der Waals surface area (Å²) in [7, 11) is 0. The first-order valence-electron chi connectivity index (χ1n) is 6.00. The molecule has 14 heavy (non-hydrogen) atoms. The Morgan fingerprint density at radius 1 is 1.57 bits per heavy atom. The summed E-state index contributed by atoms with van der Waals surface area (Å²) >= 11 is 0. The maximum atomic E-state index is 2.47. The van der Waals surface area contributed by atoms with Crippen LogP contribution in [-0.2, 0) is 0 Å². The monoisotopic (exact) mass is 190 g/mol. The summed E-state index contributed by atoms with van der Waals surface area (Å²) in [6.07, 6.45) is 7.71. The lowest BCUT2D eigenvalue weighted by atomic mass is 9.69. The van der Waals surface area contributed by atoms with Crippen LogP contribution in [0.3, 0.4) is 0 Å². The van der Waals surface area contributed by atoms with Crippen LogP contribution in [0.4, 0.5) is 0 Å². The van der Waals surface area contributed by atoms with Crippen molar-refractivity contribution in [3.8, 4) is 0 Å². The highest BCUT2D eigenvalue weighted by Crippen LogP contribution is 2.57. The van der Waals surface area contributed by atoms with Crippen LogP contribution in [0.1, 0.15) is 40.5 Å². The molecule has 4 unspecified atom stereocenters. The van der Waals surface area contributed by atoms with Crippen LogP contribution >= 0.6 is 0 Å². The normalized spacial score (nSPS) is 32.1. The maximum Gasteiger partial charge on any atom is -0.00114 e. The molecule has 0 aromatic carbocycles. The van der Waals surface area contributed by atoms with E-state index in [1.807, 2.05) is 0 Å². The first-order valence-corrected chi connectivity index (χ1v) is 6.00. The first kappa shape index (κ1) is 10.0. The van der Waals surface area contributed by atoms with Crippen molar-refractivity contribution in [1.29, 1.82) is 0 Å². The van der Waals surface area contributed by atoms with Crippen LogP contribution < -0.4 is 0 Å². The maximum absolute atomic E-state index is 2.47. The lowest BCUT2D eigenvalue weighted by Gasteiger charge is -2.35. The van der Waals surface area contributed by atoms with Crippen molar-refractivity contribution in [2.75, 3.05) is 0 Å². The molecule has 0 aromatic rings. The van der Waals surface area contributed by atoms with E-state index in [9.17, 15) is 0 Å². The summed E-state index contributed by atoms with van der Waals surface area (Å²) < 4.78 is 0. The van der Waals surface area contributed by atoms with Crippen LogP contribution in [-0.4, -0.2) is 0 Å². The van der Waals surface area contributed by atoms with Crippen LogP contribution in [0, 0.1) is 23.7 Å². The van der Waals surface area contributed by atoms with Crippen LogP contribution in [0.25, 0.3) is 0 Å². The lowest BCUT2D eigenvalue weighted by Crippen LogP contribution is -2.27. The van der Waals surface area contributed by atoms with E-state index in [-0.39, 0.29) is 0 Å². The third kappa shape index (κ3) is 1.67.